The maximum Gasteiger partial charge on any atom is 0.308 e. The molecule has 1 aromatic heterocycles. The van der Waals surface area contributed by atoms with Crippen molar-refractivity contribution in [3.63, 3.8) is 0 Å². The molecule has 1 heterocycles. The van der Waals surface area contributed by atoms with Crippen LogP contribution in [-0.2, 0) is 9.53 Å². The van der Waals surface area contributed by atoms with Crippen LogP contribution in [0.15, 0.2) is 42.7 Å². The summed E-state index contributed by atoms with van der Waals surface area (Å²) >= 11 is 5.77. The van der Waals surface area contributed by atoms with Gasteiger partial charge in [0, 0.05) is 29.5 Å². The molecule has 0 saturated carbocycles. The Kier molecular flexibility index (Phi) is 6.05. The number of hydrogen-bond acceptors (Lipinski definition) is 6. The topological polar surface area (TPSA) is 81.2 Å². The Labute approximate surface area is 138 Å². The molecule has 6 nitrogen and oxygen atoms in total. The number of ketones is 1. The molecule has 1 aromatic carbocycles. The Hall–Kier alpha value is -2.47. The fourth-order valence-electron chi connectivity index (χ4n) is 1.83. The third-order valence-electron chi connectivity index (χ3n) is 2.98. The highest BCUT2D eigenvalue weighted by Gasteiger charge is 2.19. The van der Waals surface area contributed by atoms with Gasteiger partial charge in [-0.2, -0.15) is 0 Å². The molecule has 7 heteroatoms. The van der Waals surface area contributed by atoms with E-state index in [-0.39, 0.29) is 12.2 Å². The number of Topliss-reactive ketones (excluding diaryl/α,β-unsaturated/α-hetero) is 1. The van der Waals surface area contributed by atoms with Gasteiger partial charge in [-0.15, -0.1) is 0 Å². The molecule has 0 aliphatic heterocycles. The fraction of sp³-hybridized carbons (Fsp3) is 0.250. The highest BCUT2D eigenvalue weighted by molar-refractivity contribution is 6.30. The van der Waals surface area contributed by atoms with E-state index in [2.05, 4.69) is 15.3 Å². The SMILES string of the molecule is CC(OC(=O)CCNc1ncccn1)C(=O)c1ccc(Cl)cc1. The molecule has 2 aromatic rings. The predicted octanol–water partition coefficient (Wildman–Crippen LogP) is 2.75. The van der Waals surface area contributed by atoms with E-state index < -0.39 is 12.1 Å². The zero-order valence-electron chi connectivity index (χ0n) is 12.5. The summed E-state index contributed by atoms with van der Waals surface area (Å²) in [5.74, 6) is -0.303. The van der Waals surface area contributed by atoms with E-state index in [1.54, 1.807) is 49.6 Å². The summed E-state index contributed by atoms with van der Waals surface area (Å²) in [4.78, 5) is 31.8. The van der Waals surface area contributed by atoms with Gasteiger partial charge in [0.25, 0.3) is 0 Å². The first kappa shape index (κ1) is 16.9. The van der Waals surface area contributed by atoms with Crippen molar-refractivity contribution >= 4 is 29.3 Å². The molecule has 0 aliphatic carbocycles. The number of carbonyl (C=O) groups is 2. The number of hydrogen-bond donors (Lipinski definition) is 1. The molecule has 1 unspecified atom stereocenters. The van der Waals surface area contributed by atoms with Crippen molar-refractivity contribution in [2.75, 3.05) is 11.9 Å². The second kappa shape index (κ2) is 8.24. The molecule has 23 heavy (non-hydrogen) atoms. The number of aromatic nitrogens is 2. The predicted molar refractivity (Wildman–Crippen MR) is 86.5 cm³/mol. The number of anilines is 1. The van der Waals surface area contributed by atoms with Crippen molar-refractivity contribution in [2.45, 2.75) is 19.4 Å². The van der Waals surface area contributed by atoms with Crippen molar-refractivity contribution < 1.29 is 14.3 Å². The second-order valence-electron chi connectivity index (χ2n) is 4.75. The van der Waals surface area contributed by atoms with E-state index in [0.29, 0.717) is 23.1 Å². The van der Waals surface area contributed by atoms with Crippen molar-refractivity contribution in [1.82, 2.24) is 9.97 Å². The number of halogens is 1. The first-order valence-electron chi connectivity index (χ1n) is 7.06. The third kappa shape index (κ3) is 5.34. The van der Waals surface area contributed by atoms with Crippen molar-refractivity contribution in [3.8, 4) is 0 Å². The molecule has 0 fully saturated rings. The summed E-state index contributed by atoms with van der Waals surface area (Å²) in [6.07, 6.45) is 2.45. The minimum absolute atomic E-state index is 0.108. The summed E-state index contributed by atoms with van der Waals surface area (Å²) in [6.45, 7) is 1.87. The van der Waals surface area contributed by atoms with Gasteiger partial charge in [-0.1, -0.05) is 11.6 Å². The smallest absolute Gasteiger partial charge is 0.308 e. The Morgan fingerprint density at radius 3 is 2.52 bits per heavy atom. The Morgan fingerprint density at radius 1 is 1.22 bits per heavy atom. The largest absolute Gasteiger partial charge is 0.454 e. The number of nitrogens with one attached hydrogen (secondary N) is 1. The summed E-state index contributed by atoms with van der Waals surface area (Å²) < 4.78 is 5.13. The van der Waals surface area contributed by atoms with Gasteiger partial charge >= 0.3 is 5.97 Å². The monoisotopic (exact) mass is 333 g/mol. The molecule has 0 saturated heterocycles. The molecule has 2 rings (SSSR count). The van der Waals surface area contributed by atoms with Crippen LogP contribution in [0.5, 0.6) is 0 Å². The number of rotatable bonds is 7. The lowest BCUT2D eigenvalue weighted by molar-refractivity contribution is -0.145. The summed E-state index contributed by atoms with van der Waals surface area (Å²) in [7, 11) is 0. The molecular formula is C16H16ClN3O3. The van der Waals surface area contributed by atoms with E-state index in [1.165, 1.54) is 0 Å². The van der Waals surface area contributed by atoms with E-state index in [4.69, 9.17) is 16.3 Å². The van der Waals surface area contributed by atoms with Crippen LogP contribution in [0.2, 0.25) is 5.02 Å². The number of nitrogens with zero attached hydrogens (tertiary/aromatic N) is 2. The zero-order chi connectivity index (χ0) is 16.7. The number of esters is 1. The maximum absolute atomic E-state index is 12.1. The Bertz CT molecular complexity index is 662. The Morgan fingerprint density at radius 2 is 1.87 bits per heavy atom. The molecule has 1 atom stereocenters. The lowest BCUT2D eigenvalue weighted by Crippen LogP contribution is -2.25. The van der Waals surface area contributed by atoms with Gasteiger partial charge in [-0.05, 0) is 37.3 Å². The van der Waals surface area contributed by atoms with Crippen LogP contribution in [0.3, 0.4) is 0 Å². The van der Waals surface area contributed by atoms with Crippen LogP contribution in [0.4, 0.5) is 5.95 Å². The van der Waals surface area contributed by atoms with Gasteiger partial charge < -0.3 is 10.1 Å². The quantitative estimate of drug-likeness (QED) is 0.620. The third-order valence-corrected chi connectivity index (χ3v) is 3.24. The number of ether oxygens (including phenoxy) is 1. The summed E-state index contributed by atoms with van der Waals surface area (Å²) in [6, 6.07) is 8.14. The minimum Gasteiger partial charge on any atom is -0.454 e. The molecule has 0 aliphatic rings. The lowest BCUT2D eigenvalue weighted by Gasteiger charge is -2.12. The number of benzene rings is 1. The van der Waals surface area contributed by atoms with Crippen LogP contribution < -0.4 is 5.32 Å². The fourth-order valence-corrected chi connectivity index (χ4v) is 1.95. The van der Waals surface area contributed by atoms with E-state index in [1.807, 2.05) is 0 Å². The second-order valence-corrected chi connectivity index (χ2v) is 5.19. The van der Waals surface area contributed by atoms with Gasteiger partial charge in [0.15, 0.2) is 6.10 Å². The summed E-state index contributed by atoms with van der Waals surface area (Å²) in [5.41, 5.74) is 0.450. The van der Waals surface area contributed by atoms with Crippen molar-refractivity contribution in [3.05, 3.63) is 53.3 Å². The average molecular weight is 334 g/mol. The molecule has 1 N–H and O–H groups in total. The number of carbonyl (C=O) groups excluding carboxylic acids is 2. The normalized spacial score (nSPS) is 11.6. The van der Waals surface area contributed by atoms with E-state index >= 15 is 0 Å². The highest BCUT2D eigenvalue weighted by atomic mass is 35.5. The molecule has 0 amide bonds. The van der Waals surface area contributed by atoms with Crippen LogP contribution in [-0.4, -0.2) is 34.4 Å². The van der Waals surface area contributed by atoms with E-state index in [9.17, 15) is 9.59 Å². The highest BCUT2D eigenvalue weighted by Crippen LogP contribution is 2.12. The first-order chi connectivity index (χ1) is 11.1. The average Bonchev–Trinajstić information content (AvgIpc) is 2.56. The van der Waals surface area contributed by atoms with Crippen LogP contribution in [0, 0.1) is 0 Å². The van der Waals surface area contributed by atoms with Crippen LogP contribution in [0.25, 0.3) is 0 Å². The Balaban J connectivity index is 1.77. The molecule has 120 valence electrons. The van der Waals surface area contributed by atoms with E-state index in [0.717, 1.165) is 0 Å². The van der Waals surface area contributed by atoms with Gasteiger partial charge in [0.2, 0.25) is 11.7 Å². The van der Waals surface area contributed by atoms with Gasteiger partial charge in [0.05, 0.1) is 6.42 Å². The maximum atomic E-state index is 12.1. The van der Waals surface area contributed by atoms with Crippen LogP contribution in [0.1, 0.15) is 23.7 Å². The lowest BCUT2D eigenvalue weighted by atomic mass is 10.1. The van der Waals surface area contributed by atoms with Gasteiger partial charge in [-0.3, -0.25) is 9.59 Å². The zero-order valence-corrected chi connectivity index (χ0v) is 13.3. The molecular weight excluding hydrogens is 318 g/mol. The van der Waals surface area contributed by atoms with Crippen LogP contribution >= 0.6 is 11.6 Å². The molecule has 0 bridgehead atoms. The minimum atomic E-state index is -0.850. The molecule has 0 radical (unpaired) electrons. The standard InChI is InChI=1S/C16H16ClN3O3/c1-11(15(22)12-3-5-13(17)6-4-12)23-14(21)7-10-20-16-18-8-2-9-19-16/h2-6,8-9,11H,7,10H2,1H3,(H,18,19,20). The molecule has 0 spiro atoms. The first-order valence-corrected chi connectivity index (χ1v) is 7.44. The summed E-state index contributed by atoms with van der Waals surface area (Å²) in [5, 5.41) is 3.44. The van der Waals surface area contributed by atoms with Gasteiger partial charge in [0.1, 0.15) is 0 Å². The van der Waals surface area contributed by atoms with Gasteiger partial charge in [-0.25, -0.2) is 9.97 Å². The van der Waals surface area contributed by atoms with Crippen molar-refractivity contribution in [1.29, 1.82) is 0 Å². The van der Waals surface area contributed by atoms with Crippen molar-refractivity contribution in [2.24, 2.45) is 0 Å².